The first kappa shape index (κ1) is 22.0. The molecule has 0 fully saturated rings. The minimum absolute atomic E-state index is 0.615. The van der Waals surface area contributed by atoms with Crippen LogP contribution in [-0.4, -0.2) is 18.5 Å². The van der Waals surface area contributed by atoms with Crippen LogP contribution in [0.2, 0.25) is 0 Å². The third-order valence-electron chi connectivity index (χ3n) is 4.47. The molecule has 5 heteroatoms. The van der Waals surface area contributed by atoms with E-state index in [0.717, 1.165) is 50.9 Å². The summed E-state index contributed by atoms with van der Waals surface area (Å²) in [6.07, 6.45) is 1.98. The molecule has 0 aliphatic rings. The monoisotopic (exact) mass is 389 g/mol. The Morgan fingerprint density at radius 1 is 0.966 bits per heavy atom. The normalized spacial score (nSPS) is 13.9. The van der Waals surface area contributed by atoms with Crippen LogP contribution in [0.25, 0.3) is 5.57 Å². The maximum Gasteiger partial charge on any atom is 0.0642 e. The van der Waals surface area contributed by atoms with Crippen LogP contribution in [0.3, 0.4) is 0 Å². The van der Waals surface area contributed by atoms with Gasteiger partial charge in [-0.25, -0.2) is 0 Å². The van der Waals surface area contributed by atoms with E-state index >= 15 is 0 Å². The van der Waals surface area contributed by atoms with E-state index in [2.05, 4.69) is 22.4 Å². The average molecular weight is 390 g/mol. The number of hydrogen-bond acceptors (Lipinski definition) is 5. The lowest BCUT2D eigenvalue weighted by Gasteiger charge is -2.11. The fourth-order valence-electron chi connectivity index (χ4n) is 3.07. The second-order valence-electron chi connectivity index (χ2n) is 7.07. The molecule has 0 spiro atoms. The fraction of sp³-hybridized carbons (Fsp3) is 0.250. The lowest BCUT2D eigenvalue weighted by atomic mass is 9.99. The molecule has 0 aliphatic heterocycles. The van der Waals surface area contributed by atoms with E-state index in [9.17, 15) is 0 Å². The van der Waals surface area contributed by atoms with Crippen molar-refractivity contribution in [1.82, 2.24) is 0 Å². The predicted octanol–water partition coefficient (Wildman–Crippen LogP) is 5.03. The van der Waals surface area contributed by atoms with Gasteiger partial charge in [-0.05, 0) is 69.2 Å². The highest BCUT2D eigenvalue weighted by Gasteiger charge is 2.09. The molecule has 0 amide bonds. The molecule has 2 aromatic rings. The summed E-state index contributed by atoms with van der Waals surface area (Å²) in [5.41, 5.74) is 20.3. The largest absolute Gasteiger partial charge is 0.402 e. The number of nitrogens with one attached hydrogen (secondary N) is 1. The Morgan fingerprint density at radius 3 is 2.14 bits per heavy atom. The van der Waals surface area contributed by atoms with E-state index in [4.69, 9.17) is 16.5 Å². The van der Waals surface area contributed by atoms with Crippen molar-refractivity contribution in [2.45, 2.75) is 34.2 Å². The maximum atomic E-state index is 6.17. The molecule has 0 radical (unpaired) electrons. The molecule has 0 atom stereocenters. The lowest BCUT2D eigenvalue weighted by Crippen LogP contribution is -2.06. The van der Waals surface area contributed by atoms with Crippen molar-refractivity contribution >= 4 is 28.4 Å². The van der Waals surface area contributed by atoms with Crippen molar-refractivity contribution in [2.24, 2.45) is 15.7 Å². The molecule has 2 rings (SSSR count). The zero-order valence-corrected chi connectivity index (χ0v) is 18.0. The molecule has 2 aromatic carbocycles. The Labute approximate surface area is 174 Å². The van der Waals surface area contributed by atoms with Gasteiger partial charge in [0.2, 0.25) is 0 Å². The summed E-state index contributed by atoms with van der Waals surface area (Å²) in [6, 6.07) is 15.9. The number of rotatable bonds is 7. The Kier molecular flexibility index (Phi) is 7.78. The van der Waals surface area contributed by atoms with E-state index in [1.54, 1.807) is 0 Å². The second kappa shape index (κ2) is 10.3. The van der Waals surface area contributed by atoms with Crippen LogP contribution < -0.4 is 16.8 Å². The first-order chi connectivity index (χ1) is 13.8. The zero-order valence-electron chi connectivity index (χ0n) is 18.0. The highest BCUT2D eigenvalue weighted by atomic mass is 14.8. The summed E-state index contributed by atoms with van der Waals surface area (Å²) >= 11 is 0. The number of nitrogen functional groups attached to an aromatic ring is 1. The van der Waals surface area contributed by atoms with Crippen LogP contribution in [0.1, 0.15) is 38.8 Å². The molecule has 0 bridgehead atoms. The molecule has 152 valence electrons. The summed E-state index contributed by atoms with van der Waals surface area (Å²) in [5, 5.41) is 3.13. The van der Waals surface area contributed by atoms with E-state index < -0.39 is 0 Å². The third kappa shape index (κ3) is 6.64. The first-order valence-electron chi connectivity index (χ1n) is 9.64. The van der Waals surface area contributed by atoms with Crippen LogP contribution >= 0.6 is 0 Å². The van der Waals surface area contributed by atoms with Gasteiger partial charge in [-0.2, -0.15) is 0 Å². The smallest absolute Gasteiger partial charge is 0.0642 e. The summed E-state index contributed by atoms with van der Waals surface area (Å²) in [4.78, 5) is 9.37. The van der Waals surface area contributed by atoms with Gasteiger partial charge in [0.1, 0.15) is 0 Å². The van der Waals surface area contributed by atoms with Gasteiger partial charge >= 0.3 is 0 Å². The standard InChI is InChI=1S/C24H31N5/c1-16(28-15-20-6-10-22(26)11-7-20)14-17(2)29-19(4)24(18(3)25)21-8-12-23(27-5)13-9-21/h6-14,27H,15,25-26H2,1-5H3/b17-14-,24-18+,28-16?,29-19+. The van der Waals surface area contributed by atoms with Crippen LogP contribution in [0.4, 0.5) is 11.4 Å². The number of aliphatic imine (C=N–C) groups is 2. The van der Waals surface area contributed by atoms with Crippen LogP contribution in [-0.2, 0) is 6.54 Å². The summed E-state index contributed by atoms with van der Waals surface area (Å²) in [5.74, 6) is 0. The lowest BCUT2D eigenvalue weighted by molar-refractivity contribution is 1.07. The minimum Gasteiger partial charge on any atom is -0.402 e. The quantitative estimate of drug-likeness (QED) is 0.458. The highest BCUT2D eigenvalue weighted by molar-refractivity contribution is 6.23. The van der Waals surface area contributed by atoms with Crippen LogP contribution in [0, 0.1) is 0 Å². The molecule has 0 aliphatic carbocycles. The molecule has 0 saturated heterocycles. The highest BCUT2D eigenvalue weighted by Crippen LogP contribution is 2.21. The molecule has 0 heterocycles. The average Bonchev–Trinajstić information content (AvgIpc) is 2.67. The number of allylic oxidation sites excluding steroid dienone is 4. The van der Waals surface area contributed by atoms with Crippen molar-refractivity contribution in [1.29, 1.82) is 0 Å². The van der Waals surface area contributed by atoms with Gasteiger partial charge in [0, 0.05) is 46.8 Å². The zero-order chi connectivity index (χ0) is 21.4. The van der Waals surface area contributed by atoms with Gasteiger partial charge in [-0.1, -0.05) is 24.3 Å². The van der Waals surface area contributed by atoms with Gasteiger partial charge in [-0.3, -0.25) is 9.98 Å². The van der Waals surface area contributed by atoms with E-state index in [1.807, 2.05) is 77.2 Å². The maximum absolute atomic E-state index is 6.17. The van der Waals surface area contributed by atoms with E-state index in [-0.39, 0.29) is 0 Å². The number of nitrogens with two attached hydrogens (primary N) is 2. The Balaban J connectivity index is 2.18. The molecule has 0 unspecified atom stereocenters. The SMILES string of the molecule is CNc1ccc(C(=C(\C)N)/C(C)=N/C(C)=C\C(C)=NCc2ccc(N)cc2)cc1. The summed E-state index contributed by atoms with van der Waals surface area (Å²) in [7, 11) is 1.90. The van der Waals surface area contributed by atoms with Gasteiger partial charge < -0.3 is 16.8 Å². The van der Waals surface area contributed by atoms with E-state index in [1.165, 1.54) is 0 Å². The summed E-state index contributed by atoms with van der Waals surface area (Å²) < 4.78 is 0. The van der Waals surface area contributed by atoms with Crippen molar-refractivity contribution in [3.05, 3.63) is 77.1 Å². The van der Waals surface area contributed by atoms with Crippen LogP contribution in [0.5, 0.6) is 0 Å². The fourth-order valence-corrected chi connectivity index (χ4v) is 3.07. The van der Waals surface area contributed by atoms with Crippen LogP contribution in [0.15, 0.2) is 76.0 Å². The molecule has 29 heavy (non-hydrogen) atoms. The van der Waals surface area contributed by atoms with Gasteiger partial charge in [0.05, 0.1) is 6.54 Å². The first-order valence-corrected chi connectivity index (χ1v) is 9.64. The Bertz CT molecular complexity index is 942. The number of nitrogens with zero attached hydrogens (tertiary/aromatic N) is 2. The molecule has 5 nitrogen and oxygen atoms in total. The Hall–Kier alpha value is -3.34. The van der Waals surface area contributed by atoms with Gasteiger partial charge in [0.15, 0.2) is 0 Å². The number of anilines is 2. The number of hydrogen-bond donors (Lipinski definition) is 3. The van der Waals surface area contributed by atoms with Gasteiger partial charge in [-0.15, -0.1) is 0 Å². The van der Waals surface area contributed by atoms with Crippen molar-refractivity contribution in [3.63, 3.8) is 0 Å². The topological polar surface area (TPSA) is 88.8 Å². The molecular formula is C24H31N5. The van der Waals surface area contributed by atoms with Crippen molar-refractivity contribution < 1.29 is 0 Å². The van der Waals surface area contributed by atoms with Gasteiger partial charge in [0.25, 0.3) is 0 Å². The molecule has 0 aromatic heterocycles. The summed E-state index contributed by atoms with van der Waals surface area (Å²) in [6.45, 7) is 8.45. The van der Waals surface area contributed by atoms with E-state index in [0.29, 0.717) is 6.54 Å². The molecular weight excluding hydrogens is 358 g/mol. The molecule has 5 N–H and O–H groups in total. The Morgan fingerprint density at radius 2 is 1.59 bits per heavy atom. The predicted molar refractivity (Wildman–Crippen MR) is 127 cm³/mol. The second-order valence-corrected chi connectivity index (χ2v) is 7.07. The molecule has 0 saturated carbocycles. The third-order valence-corrected chi connectivity index (χ3v) is 4.47. The van der Waals surface area contributed by atoms with Crippen molar-refractivity contribution in [2.75, 3.05) is 18.1 Å². The minimum atomic E-state index is 0.615. The number of benzene rings is 2. The van der Waals surface area contributed by atoms with Crippen molar-refractivity contribution in [3.8, 4) is 0 Å².